The highest BCUT2D eigenvalue weighted by atomic mass is 16.5. The molecule has 82 valence electrons. The molecular weight excluding hydrogens is 200 g/mol. The van der Waals surface area contributed by atoms with Crippen LogP contribution in [-0.4, -0.2) is 37.2 Å². The molecule has 1 aliphatic rings. The molecule has 1 rings (SSSR count). The van der Waals surface area contributed by atoms with Gasteiger partial charge in [-0.15, -0.1) is 0 Å². The average molecular weight is 212 g/mol. The quantitative estimate of drug-likeness (QED) is 0.735. The number of hydrogen-bond donors (Lipinski definition) is 1. The van der Waals surface area contributed by atoms with E-state index in [1.165, 1.54) is 20.3 Å². The van der Waals surface area contributed by atoms with Crippen molar-refractivity contribution in [3.63, 3.8) is 0 Å². The molecule has 0 aromatic carbocycles. The van der Waals surface area contributed by atoms with Crippen LogP contribution in [0.2, 0.25) is 0 Å². The highest BCUT2D eigenvalue weighted by Crippen LogP contribution is 2.20. The Balaban J connectivity index is 2.92. The van der Waals surface area contributed by atoms with Crippen LogP contribution >= 0.6 is 0 Å². The molecule has 5 heteroatoms. The lowest BCUT2D eigenvalue weighted by atomic mass is 9.97. The molecule has 1 unspecified atom stereocenters. The lowest BCUT2D eigenvalue weighted by molar-refractivity contribution is -0.137. The third-order valence-electron chi connectivity index (χ3n) is 2.07. The van der Waals surface area contributed by atoms with Gasteiger partial charge in [-0.05, 0) is 6.08 Å². The summed E-state index contributed by atoms with van der Waals surface area (Å²) in [5.41, 5.74) is 0.218. The molecule has 0 fully saturated rings. The highest BCUT2D eigenvalue weighted by molar-refractivity contribution is 6.04. The number of allylic oxidation sites excluding steroid dienone is 2. The predicted molar refractivity (Wildman–Crippen MR) is 51.2 cm³/mol. The minimum absolute atomic E-state index is 0.218. The Morgan fingerprint density at radius 3 is 2.60 bits per heavy atom. The number of rotatable bonds is 4. The monoisotopic (exact) mass is 212 g/mol. The Kier molecular flexibility index (Phi) is 3.62. The van der Waals surface area contributed by atoms with Crippen molar-refractivity contribution in [1.29, 1.82) is 0 Å². The number of ether oxygens (including phenoxy) is 2. The van der Waals surface area contributed by atoms with Crippen LogP contribution in [0.5, 0.6) is 0 Å². The van der Waals surface area contributed by atoms with E-state index in [1.54, 1.807) is 6.08 Å². The second-order valence-electron chi connectivity index (χ2n) is 3.02. The Morgan fingerprint density at radius 2 is 2.13 bits per heavy atom. The van der Waals surface area contributed by atoms with Gasteiger partial charge in [-0.3, -0.25) is 9.59 Å². The summed E-state index contributed by atoms with van der Waals surface area (Å²) in [4.78, 5) is 22.2. The van der Waals surface area contributed by atoms with E-state index in [9.17, 15) is 9.59 Å². The molecule has 0 aromatic heterocycles. The molecule has 0 bridgehead atoms. The molecule has 0 amide bonds. The van der Waals surface area contributed by atoms with Crippen LogP contribution in [0.3, 0.4) is 0 Å². The maximum absolute atomic E-state index is 11.7. The number of aliphatic carboxylic acids is 1. The zero-order valence-electron chi connectivity index (χ0n) is 8.52. The normalized spacial score (nSPS) is 20.7. The van der Waals surface area contributed by atoms with Crippen molar-refractivity contribution in [3.8, 4) is 0 Å². The van der Waals surface area contributed by atoms with Gasteiger partial charge in [0.25, 0.3) is 0 Å². The van der Waals surface area contributed by atoms with E-state index in [0.29, 0.717) is 5.76 Å². The molecule has 1 atom stereocenters. The van der Waals surface area contributed by atoms with Crippen molar-refractivity contribution in [1.82, 2.24) is 0 Å². The summed E-state index contributed by atoms with van der Waals surface area (Å²) < 4.78 is 9.88. The SMILES string of the molecule is COC1=CC=C(CC(=O)O)C(=O)C1OC. The Hall–Kier alpha value is -1.62. The fourth-order valence-electron chi connectivity index (χ4n) is 1.36. The average Bonchev–Trinajstić information content (AvgIpc) is 2.20. The van der Waals surface area contributed by atoms with Gasteiger partial charge in [-0.25, -0.2) is 0 Å². The summed E-state index contributed by atoms with van der Waals surface area (Å²) in [6.45, 7) is 0. The first-order valence-electron chi connectivity index (χ1n) is 4.33. The molecule has 0 aromatic rings. The maximum Gasteiger partial charge on any atom is 0.307 e. The van der Waals surface area contributed by atoms with Crippen molar-refractivity contribution in [3.05, 3.63) is 23.5 Å². The number of hydrogen-bond acceptors (Lipinski definition) is 4. The molecule has 0 heterocycles. The number of carbonyl (C=O) groups is 2. The number of ketones is 1. The maximum atomic E-state index is 11.7. The van der Waals surface area contributed by atoms with Gasteiger partial charge in [-0.1, -0.05) is 6.08 Å². The Morgan fingerprint density at radius 1 is 1.47 bits per heavy atom. The third-order valence-corrected chi connectivity index (χ3v) is 2.07. The molecule has 0 aliphatic heterocycles. The number of Topliss-reactive ketones (excluding diaryl/α,β-unsaturated/α-hetero) is 1. The van der Waals surface area contributed by atoms with Gasteiger partial charge in [0.05, 0.1) is 13.5 Å². The first kappa shape index (κ1) is 11.5. The summed E-state index contributed by atoms with van der Waals surface area (Å²) in [5, 5.41) is 8.58. The number of carbonyl (C=O) groups excluding carboxylic acids is 1. The van der Waals surface area contributed by atoms with E-state index in [1.807, 2.05) is 0 Å². The lowest BCUT2D eigenvalue weighted by Crippen LogP contribution is -2.30. The standard InChI is InChI=1S/C10H12O5/c1-14-7-4-3-6(5-8(11)12)9(13)10(7)15-2/h3-4,10H,5H2,1-2H3,(H,11,12). The van der Waals surface area contributed by atoms with E-state index in [4.69, 9.17) is 14.6 Å². The van der Waals surface area contributed by atoms with E-state index < -0.39 is 12.1 Å². The van der Waals surface area contributed by atoms with Gasteiger partial charge >= 0.3 is 5.97 Å². The van der Waals surface area contributed by atoms with Gasteiger partial charge in [0, 0.05) is 12.7 Å². The van der Waals surface area contributed by atoms with Gasteiger partial charge in [0.1, 0.15) is 5.76 Å². The number of methoxy groups -OCH3 is 2. The van der Waals surface area contributed by atoms with E-state index in [2.05, 4.69) is 0 Å². The smallest absolute Gasteiger partial charge is 0.307 e. The van der Waals surface area contributed by atoms with Crippen molar-refractivity contribution in [2.24, 2.45) is 0 Å². The zero-order valence-corrected chi connectivity index (χ0v) is 8.52. The third kappa shape index (κ3) is 2.44. The summed E-state index contributed by atoms with van der Waals surface area (Å²) in [5.74, 6) is -1.02. The fraction of sp³-hybridized carbons (Fsp3) is 0.400. The predicted octanol–water partition coefficient (Wildman–Crippen LogP) is 0.515. The van der Waals surface area contributed by atoms with E-state index in [-0.39, 0.29) is 17.8 Å². The van der Waals surface area contributed by atoms with Crippen molar-refractivity contribution in [2.75, 3.05) is 14.2 Å². The topological polar surface area (TPSA) is 72.8 Å². The molecule has 0 saturated carbocycles. The zero-order chi connectivity index (χ0) is 11.4. The van der Waals surface area contributed by atoms with Gasteiger partial charge in [0.15, 0.2) is 11.9 Å². The van der Waals surface area contributed by atoms with Gasteiger partial charge < -0.3 is 14.6 Å². The van der Waals surface area contributed by atoms with Crippen LogP contribution < -0.4 is 0 Å². The number of carboxylic acid groups (broad SMARTS) is 1. The van der Waals surface area contributed by atoms with Gasteiger partial charge in [0.2, 0.25) is 0 Å². The molecule has 5 nitrogen and oxygen atoms in total. The molecule has 0 radical (unpaired) electrons. The van der Waals surface area contributed by atoms with Crippen molar-refractivity contribution < 1.29 is 24.2 Å². The van der Waals surface area contributed by atoms with Crippen LogP contribution in [0.25, 0.3) is 0 Å². The first-order valence-corrected chi connectivity index (χ1v) is 4.33. The Bertz CT molecular complexity index is 340. The molecule has 1 aliphatic carbocycles. The summed E-state index contributed by atoms with van der Waals surface area (Å²) >= 11 is 0. The van der Waals surface area contributed by atoms with E-state index in [0.717, 1.165) is 0 Å². The van der Waals surface area contributed by atoms with Crippen LogP contribution in [0, 0.1) is 0 Å². The molecule has 1 N–H and O–H groups in total. The highest BCUT2D eigenvalue weighted by Gasteiger charge is 2.29. The summed E-state index contributed by atoms with van der Waals surface area (Å²) in [7, 11) is 2.81. The molecule has 15 heavy (non-hydrogen) atoms. The van der Waals surface area contributed by atoms with Crippen LogP contribution in [-0.2, 0) is 19.1 Å². The molecular formula is C10H12O5. The van der Waals surface area contributed by atoms with Crippen LogP contribution in [0.1, 0.15) is 6.42 Å². The van der Waals surface area contributed by atoms with Crippen LogP contribution in [0.4, 0.5) is 0 Å². The second kappa shape index (κ2) is 4.75. The Labute approximate surface area is 87.0 Å². The largest absolute Gasteiger partial charge is 0.498 e. The molecule has 0 spiro atoms. The van der Waals surface area contributed by atoms with Crippen molar-refractivity contribution in [2.45, 2.75) is 12.5 Å². The minimum Gasteiger partial charge on any atom is -0.498 e. The van der Waals surface area contributed by atoms with Crippen molar-refractivity contribution >= 4 is 11.8 Å². The second-order valence-corrected chi connectivity index (χ2v) is 3.02. The summed E-state index contributed by atoms with van der Waals surface area (Å²) in [6.07, 6.45) is 1.87. The minimum atomic E-state index is -1.04. The van der Waals surface area contributed by atoms with Gasteiger partial charge in [-0.2, -0.15) is 0 Å². The molecule has 0 saturated heterocycles. The van der Waals surface area contributed by atoms with E-state index >= 15 is 0 Å². The lowest BCUT2D eigenvalue weighted by Gasteiger charge is -2.20. The number of carboxylic acids is 1. The summed E-state index contributed by atoms with van der Waals surface area (Å²) in [6, 6.07) is 0. The van der Waals surface area contributed by atoms with Crippen LogP contribution in [0.15, 0.2) is 23.5 Å². The fourth-order valence-corrected chi connectivity index (χ4v) is 1.36. The first-order chi connectivity index (χ1) is 7.10.